The van der Waals surface area contributed by atoms with Crippen molar-refractivity contribution in [3.8, 4) is 6.08 Å². The van der Waals surface area contributed by atoms with Gasteiger partial charge in [-0.25, -0.2) is 0 Å². The van der Waals surface area contributed by atoms with Crippen LogP contribution >= 0.6 is 0 Å². The molecule has 0 bridgehead atoms. The SMILES string of the molecule is CCOCCOc1nc(CNC(C)C)co1. The van der Waals surface area contributed by atoms with Gasteiger partial charge in [0.2, 0.25) is 0 Å². The van der Waals surface area contributed by atoms with Crippen molar-refractivity contribution in [2.45, 2.75) is 33.4 Å². The lowest BCUT2D eigenvalue weighted by Crippen LogP contribution is -2.21. The van der Waals surface area contributed by atoms with Crippen molar-refractivity contribution in [3.05, 3.63) is 12.0 Å². The van der Waals surface area contributed by atoms with Crippen LogP contribution in [0.15, 0.2) is 10.7 Å². The van der Waals surface area contributed by atoms with Crippen molar-refractivity contribution in [1.82, 2.24) is 10.3 Å². The monoisotopic (exact) mass is 228 g/mol. The summed E-state index contributed by atoms with van der Waals surface area (Å²) in [6, 6.07) is 0.430. The molecule has 0 fully saturated rings. The second kappa shape index (κ2) is 7.24. The molecule has 0 aliphatic carbocycles. The van der Waals surface area contributed by atoms with E-state index in [9.17, 15) is 0 Å². The molecule has 0 unspecified atom stereocenters. The number of rotatable bonds is 8. The Bertz CT molecular complexity index is 287. The number of hydrogen-bond donors (Lipinski definition) is 1. The first-order valence-corrected chi connectivity index (χ1v) is 5.60. The van der Waals surface area contributed by atoms with Crippen molar-refractivity contribution in [2.24, 2.45) is 0 Å². The Morgan fingerprint density at radius 2 is 2.25 bits per heavy atom. The maximum absolute atomic E-state index is 5.26. The Morgan fingerprint density at radius 3 is 2.94 bits per heavy atom. The number of aromatic nitrogens is 1. The first-order valence-electron chi connectivity index (χ1n) is 5.60. The average Bonchev–Trinajstić information content (AvgIpc) is 2.70. The third kappa shape index (κ3) is 5.14. The van der Waals surface area contributed by atoms with Crippen LogP contribution in [-0.2, 0) is 11.3 Å². The van der Waals surface area contributed by atoms with E-state index in [1.165, 1.54) is 0 Å². The maximum Gasteiger partial charge on any atom is 0.393 e. The molecule has 0 aromatic carbocycles. The van der Waals surface area contributed by atoms with Gasteiger partial charge in [-0.05, 0) is 6.92 Å². The summed E-state index contributed by atoms with van der Waals surface area (Å²) in [7, 11) is 0. The predicted molar refractivity (Wildman–Crippen MR) is 60.5 cm³/mol. The van der Waals surface area contributed by atoms with Crippen LogP contribution in [0.3, 0.4) is 0 Å². The molecule has 0 saturated heterocycles. The Kier molecular flexibility index (Phi) is 5.88. The predicted octanol–water partition coefficient (Wildman–Crippen LogP) is 1.59. The van der Waals surface area contributed by atoms with Gasteiger partial charge in [-0.1, -0.05) is 13.8 Å². The van der Waals surface area contributed by atoms with Gasteiger partial charge in [-0.15, -0.1) is 0 Å². The van der Waals surface area contributed by atoms with Crippen LogP contribution in [0.25, 0.3) is 0 Å². The molecule has 0 amide bonds. The van der Waals surface area contributed by atoms with Crippen molar-refractivity contribution >= 4 is 0 Å². The van der Waals surface area contributed by atoms with Crippen LogP contribution in [-0.4, -0.2) is 30.8 Å². The van der Waals surface area contributed by atoms with Crippen LogP contribution < -0.4 is 10.1 Å². The quantitative estimate of drug-likeness (QED) is 0.685. The Hall–Kier alpha value is -1.07. The van der Waals surface area contributed by atoms with Gasteiger partial charge < -0.3 is 19.2 Å². The zero-order chi connectivity index (χ0) is 11.8. The van der Waals surface area contributed by atoms with Gasteiger partial charge in [-0.3, -0.25) is 0 Å². The summed E-state index contributed by atoms with van der Waals surface area (Å²) in [4.78, 5) is 4.17. The van der Waals surface area contributed by atoms with Crippen LogP contribution in [0.1, 0.15) is 26.5 Å². The number of hydrogen-bond acceptors (Lipinski definition) is 5. The molecule has 16 heavy (non-hydrogen) atoms. The minimum absolute atomic E-state index is 0.306. The molecule has 1 N–H and O–H groups in total. The molecule has 0 saturated carbocycles. The fourth-order valence-electron chi connectivity index (χ4n) is 1.08. The van der Waals surface area contributed by atoms with E-state index in [2.05, 4.69) is 24.1 Å². The van der Waals surface area contributed by atoms with Gasteiger partial charge >= 0.3 is 6.08 Å². The van der Waals surface area contributed by atoms with Crippen LogP contribution in [0.5, 0.6) is 6.08 Å². The molecule has 0 atom stereocenters. The minimum Gasteiger partial charge on any atom is -0.448 e. The van der Waals surface area contributed by atoms with Crippen LogP contribution in [0.4, 0.5) is 0 Å². The first-order chi connectivity index (χ1) is 7.72. The standard InChI is InChI=1S/C11H20N2O3/c1-4-14-5-6-15-11-13-10(8-16-11)7-12-9(2)3/h8-9,12H,4-7H2,1-3H3. The lowest BCUT2D eigenvalue weighted by molar-refractivity contribution is 0.0965. The number of nitrogens with one attached hydrogen (secondary N) is 1. The molecule has 1 aromatic heterocycles. The third-order valence-corrected chi connectivity index (χ3v) is 1.88. The highest BCUT2D eigenvalue weighted by atomic mass is 16.6. The number of ether oxygens (including phenoxy) is 2. The molecular formula is C11H20N2O3. The summed E-state index contributed by atoms with van der Waals surface area (Å²) in [5.41, 5.74) is 0.847. The van der Waals surface area contributed by atoms with E-state index >= 15 is 0 Å². The number of oxazole rings is 1. The van der Waals surface area contributed by atoms with Gasteiger partial charge in [-0.2, -0.15) is 4.98 Å². The molecule has 1 aromatic rings. The van der Waals surface area contributed by atoms with Crippen LogP contribution in [0.2, 0.25) is 0 Å². The van der Waals surface area contributed by atoms with Crippen molar-refractivity contribution < 1.29 is 13.9 Å². The molecule has 5 nitrogen and oxygen atoms in total. The van der Waals surface area contributed by atoms with Crippen LogP contribution in [0, 0.1) is 0 Å². The maximum atomic E-state index is 5.26. The highest BCUT2D eigenvalue weighted by Gasteiger charge is 2.04. The van der Waals surface area contributed by atoms with E-state index in [4.69, 9.17) is 13.9 Å². The van der Waals surface area contributed by atoms with E-state index in [1.807, 2.05) is 6.92 Å². The van der Waals surface area contributed by atoms with Gasteiger partial charge in [0, 0.05) is 19.2 Å². The molecular weight excluding hydrogens is 208 g/mol. The fourth-order valence-corrected chi connectivity index (χ4v) is 1.08. The summed E-state index contributed by atoms with van der Waals surface area (Å²) in [6.45, 7) is 8.51. The lowest BCUT2D eigenvalue weighted by Gasteiger charge is -2.04. The van der Waals surface area contributed by atoms with Crippen molar-refractivity contribution in [3.63, 3.8) is 0 Å². The highest BCUT2D eigenvalue weighted by molar-refractivity contribution is 4.99. The summed E-state index contributed by atoms with van der Waals surface area (Å²) in [5, 5.41) is 3.25. The largest absolute Gasteiger partial charge is 0.448 e. The molecule has 92 valence electrons. The van der Waals surface area contributed by atoms with Gasteiger partial charge in [0.1, 0.15) is 12.9 Å². The number of nitrogens with zero attached hydrogens (tertiary/aromatic N) is 1. The van der Waals surface area contributed by atoms with Gasteiger partial charge in [0.25, 0.3) is 0 Å². The Balaban J connectivity index is 2.22. The molecule has 5 heteroatoms. The zero-order valence-corrected chi connectivity index (χ0v) is 10.2. The van der Waals surface area contributed by atoms with E-state index in [0.29, 0.717) is 38.5 Å². The molecule has 1 rings (SSSR count). The zero-order valence-electron chi connectivity index (χ0n) is 10.2. The fraction of sp³-hybridized carbons (Fsp3) is 0.727. The molecule has 1 heterocycles. The summed E-state index contributed by atoms with van der Waals surface area (Å²) >= 11 is 0. The Morgan fingerprint density at radius 1 is 1.44 bits per heavy atom. The lowest BCUT2D eigenvalue weighted by atomic mass is 10.4. The second-order valence-electron chi connectivity index (χ2n) is 3.69. The topological polar surface area (TPSA) is 56.5 Å². The van der Waals surface area contributed by atoms with E-state index < -0.39 is 0 Å². The van der Waals surface area contributed by atoms with E-state index in [1.54, 1.807) is 6.26 Å². The van der Waals surface area contributed by atoms with Crippen molar-refractivity contribution in [2.75, 3.05) is 19.8 Å². The smallest absolute Gasteiger partial charge is 0.393 e. The molecule has 0 aliphatic rings. The molecule has 0 aliphatic heterocycles. The summed E-state index contributed by atoms with van der Waals surface area (Å²) in [5.74, 6) is 0. The summed E-state index contributed by atoms with van der Waals surface area (Å²) in [6.07, 6.45) is 1.91. The second-order valence-corrected chi connectivity index (χ2v) is 3.69. The Labute approximate surface area is 96.1 Å². The minimum atomic E-state index is 0.306. The highest BCUT2D eigenvalue weighted by Crippen LogP contribution is 2.09. The van der Waals surface area contributed by atoms with Gasteiger partial charge in [0.15, 0.2) is 0 Å². The molecule has 0 radical (unpaired) electrons. The van der Waals surface area contributed by atoms with E-state index in [0.717, 1.165) is 5.69 Å². The average molecular weight is 228 g/mol. The van der Waals surface area contributed by atoms with E-state index in [-0.39, 0.29) is 0 Å². The van der Waals surface area contributed by atoms with Crippen molar-refractivity contribution in [1.29, 1.82) is 0 Å². The first kappa shape index (κ1) is 13.0. The molecule has 0 spiro atoms. The third-order valence-electron chi connectivity index (χ3n) is 1.88. The van der Waals surface area contributed by atoms with Gasteiger partial charge in [0.05, 0.1) is 12.3 Å². The normalized spacial score (nSPS) is 11.0. The summed E-state index contributed by atoms with van der Waals surface area (Å²) < 4.78 is 15.5.